The first-order valence-corrected chi connectivity index (χ1v) is 6.41. The molecule has 1 N–H and O–H groups in total. The van der Waals surface area contributed by atoms with Crippen LogP contribution in [0.3, 0.4) is 0 Å². The van der Waals surface area contributed by atoms with Crippen LogP contribution in [0.1, 0.15) is 12.0 Å². The Morgan fingerprint density at radius 3 is 2.56 bits per heavy atom. The molecule has 0 fully saturated rings. The molecule has 0 bridgehead atoms. The van der Waals surface area contributed by atoms with Gasteiger partial charge in [-0.05, 0) is 18.1 Å². The van der Waals surface area contributed by atoms with Crippen LogP contribution in [0.4, 0.5) is 4.39 Å². The third-order valence-corrected chi connectivity index (χ3v) is 3.21. The van der Waals surface area contributed by atoms with Gasteiger partial charge in [0.05, 0.1) is 0 Å². The van der Waals surface area contributed by atoms with E-state index in [9.17, 15) is 22.7 Å². The van der Waals surface area contributed by atoms with Crippen molar-refractivity contribution in [3.05, 3.63) is 23.5 Å². The number of hydrogen-bond donors (Lipinski definition) is 1. The van der Waals surface area contributed by atoms with E-state index >= 15 is 0 Å². The summed E-state index contributed by atoms with van der Waals surface area (Å²) < 4.78 is 35.7. The molecule has 0 saturated heterocycles. The second-order valence-corrected chi connectivity index (χ2v) is 5.35. The predicted molar refractivity (Wildman–Crippen MR) is 55.6 cm³/mol. The number of phenols is 1. The lowest BCUT2D eigenvalue weighted by atomic mass is 10.1. The first kappa shape index (κ1) is 12.6. The Morgan fingerprint density at radius 1 is 1.44 bits per heavy atom. The van der Waals surface area contributed by atoms with E-state index in [1.165, 1.54) is 6.07 Å². The van der Waals surface area contributed by atoms with Crippen LogP contribution in [-0.2, 0) is 21.1 Å². The number of sulfone groups is 1. The monoisotopic (exact) mass is 246 g/mol. The summed E-state index contributed by atoms with van der Waals surface area (Å²) in [5.41, 5.74) is 0.219. The highest BCUT2D eigenvalue weighted by Gasteiger charge is 2.19. The van der Waals surface area contributed by atoms with Gasteiger partial charge in [-0.1, -0.05) is 6.07 Å². The lowest BCUT2D eigenvalue weighted by Crippen LogP contribution is -2.02. The quantitative estimate of drug-likeness (QED) is 0.806. The van der Waals surface area contributed by atoms with E-state index in [-0.39, 0.29) is 18.4 Å². The molecule has 0 amide bonds. The van der Waals surface area contributed by atoms with Crippen LogP contribution in [0.15, 0.2) is 17.0 Å². The fourth-order valence-electron chi connectivity index (χ4n) is 1.29. The van der Waals surface area contributed by atoms with Gasteiger partial charge in [-0.25, -0.2) is 12.8 Å². The zero-order valence-electron chi connectivity index (χ0n) is 8.60. The van der Waals surface area contributed by atoms with Gasteiger partial charge in [-0.2, -0.15) is 0 Å². The molecule has 88 valence electrons. The molecule has 0 atom stereocenters. The van der Waals surface area contributed by atoms with Crippen molar-refractivity contribution in [1.29, 1.82) is 0 Å². The van der Waals surface area contributed by atoms with Crippen molar-refractivity contribution >= 4 is 16.1 Å². The highest BCUT2D eigenvalue weighted by Crippen LogP contribution is 2.27. The average molecular weight is 246 g/mol. The molecule has 0 aliphatic rings. The van der Waals surface area contributed by atoms with Crippen LogP contribution in [0.25, 0.3) is 0 Å². The van der Waals surface area contributed by atoms with Gasteiger partial charge in [0.25, 0.3) is 0 Å². The van der Waals surface area contributed by atoms with Gasteiger partial charge in [-0.3, -0.25) is 0 Å². The Bertz CT molecular complexity index is 508. The molecule has 0 aliphatic heterocycles. The molecule has 1 aromatic rings. The van der Waals surface area contributed by atoms with Crippen molar-refractivity contribution in [3.8, 4) is 5.75 Å². The molecule has 0 radical (unpaired) electrons. The predicted octanol–water partition coefficient (Wildman–Crippen LogP) is 1.07. The molecule has 0 unspecified atom stereocenters. The van der Waals surface area contributed by atoms with Crippen LogP contribution in [0, 0.1) is 5.82 Å². The minimum atomic E-state index is -3.70. The average Bonchev–Trinajstić information content (AvgIpc) is 2.18. The number of carbonyl (C=O) groups is 1. The first-order chi connectivity index (χ1) is 7.38. The topological polar surface area (TPSA) is 71.4 Å². The maximum absolute atomic E-state index is 13.5. The SMILES string of the molecule is CS(=O)(=O)c1ccc(CCC=O)c(O)c1F. The number of aldehydes is 1. The maximum Gasteiger partial charge on any atom is 0.183 e. The van der Waals surface area contributed by atoms with Crippen LogP contribution in [-0.4, -0.2) is 26.1 Å². The van der Waals surface area contributed by atoms with Crippen molar-refractivity contribution in [1.82, 2.24) is 0 Å². The van der Waals surface area contributed by atoms with Crippen LogP contribution in [0.5, 0.6) is 5.75 Å². The molecule has 0 heterocycles. The minimum absolute atomic E-state index is 0.144. The Balaban J connectivity index is 3.23. The van der Waals surface area contributed by atoms with E-state index < -0.39 is 26.3 Å². The van der Waals surface area contributed by atoms with Gasteiger partial charge in [0.1, 0.15) is 11.2 Å². The van der Waals surface area contributed by atoms with Crippen molar-refractivity contribution in [2.24, 2.45) is 0 Å². The molecule has 4 nitrogen and oxygen atoms in total. The molecular formula is C10H11FO4S. The lowest BCUT2D eigenvalue weighted by molar-refractivity contribution is -0.107. The summed E-state index contributed by atoms with van der Waals surface area (Å²) >= 11 is 0. The van der Waals surface area contributed by atoms with Gasteiger partial charge >= 0.3 is 0 Å². The van der Waals surface area contributed by atoms with E-state index in [4.69, 9.17) is 0 Å². The van der Waals surface area contributed by atoms with E-state index in [1.807, 2.05) is 0 Å². The Kier molecular flexibility index (Phi) is 3.64. The largest absolute Gasteiger partial charge is 0.505 e. The third kappa shape index (κ3) is 2.57. The standard InChI is InChI=1S/C10H11FO4S/c1-16(14,15)8-5-4-7(3-2-6-12)10(13)9(8)11/h4-6,13H,2-3H2,1H3. The normalized spacial score (nSPS) is 11.4. The number of aromatic hydroxyl groups is 1. The van der Waals surface area contributed by atoms with Gasteiger partial charge in [0, 0.05) is 12.7 Å². The molecule has 6 heteroatoms. The molecule has 16 heavy (non-hydrogen) atoms. The summed E-state index contributed by atoms with van der Waals surface area (Å²) in [6, 6.07) is 2.39. The lowest BCUT2D eigenvalue weighted by Gasteiger charge is -2.07. The van der Waals surface area contributed by atoms with Gasteiger partial charge < -0.3 is 9.90 Å². The number of aryl methyl sites for hydroxylation is 1. The zero-order valence-corrected chi connectivity index (χ0v) is 9.42. The molecule has 0 aliphatic carbocycles. The number of carbonyl (C=O) groups excluding carboxylic acids is 1. The third-order valence-electron chi connectivity index (χ3n) is 2.10. The number of halogens is 1. The number of benzene rings is 1. The summed E-state index contributed by atoms with van der Waals surface area (Å²) in [4.78, 5) is 9.59. The molecule has 0 aromatic heterocycles. The number of rotatable bonds is 4. The number of phenolic OH excluding ortho intramolecular Hbond substituents is 1. The minimum Gasteiger partial charge on any atom is -0.505 e. The second-order valence-electron chi connectivity index (χ2n) is 3.36. The van der Waals surface area contributed by atoms with E-state index in [0.29, 0.717) is 6.29 Å². The van der Waals surface area contributed by atoms with Crippen molar-refractivity contribution < 1.29 is 22.7 Å². The molecule has 0 spiro atoms. The van der Waals surface area contributed by atoms with E-state index in [0.717, 1.165) is 12.3 Å². The summed E-state index contributed by atoms with van der Waals surface area (Å²) in [6.45, 7) is 0. The van der Waals surface area contributed by atoms with Crippen molar-refractivity contribution in [2.45, 2.75) is 17.7 Å². The summed E-state index contributed by atoms with van der Waals surface area (Å²) in [5.74, 6) is -1.87. The smallest absolute Gasteiger partial charge is 0.183 e. The Hall–Kier alpha value is -1.43. The zero-order chi connectivity index (χ0) is 12.3. The van der Waals surface area contributed by atoms with Crippen LogP contribution < -0.4 is 0 Å². The van der Waals surface area contributed by atoms with Gasteiger partial charge in [-0.15, -0.1) is 0 Å². The molecule has 1 rings (SSSR count). The van der Waals surface area contributed by atoms with E-state index in [2.05, 4.69) is 0 Å². The highest BCUT2D eigenvalue weighted by molar-refractivity contribution is 7.90. The summed E-state index contributed by atoms with van der Waals surface area (Å²) in [7, 11) is -3.70. The van der Waals surface area contributed by atoms with E-state index in [1.54, 1.807) is 0 Å². The highest BCUT2D eigenvalue weighted by atomic mass is 32.2. The van der Waals surface area contributed by atoms with Crippen molar-refractivity contribution in [3.63, 3.8) is 0 Å². The van der Waals surface area contributed by atoms with Crippen LogP contribution >= 0.6 is 0 Å². The fraction of sp³-hybridized carbons (Fsp3) is 0.300. The van der Waals surface area contributed by atoms with Crippen molar-refractivity contribution in [2.75, 3.05) is 6.26 Å². The van der Waals surface area contributed by atoms with Gasteiger partial charge in [0.2, 0.25) is 0 Å². The number of hydrogen-bond acceptors (Lipinski definition) is 4. The summed E-state index contributed by atoms with van der Waals surface area (Å²) in [6.07, 6.45) is 1.82. The molecular weight excluding hydrogens is 235 g/mol. The second kappa shape index (κ2) is 4.61. The Labute approximate surface area is 92.6 Å². The Morgan fingerprint density at radius 2 is 2.06 bits per heavy atom. The first-order valence-electron chi connectivity index (χ1n) is 4.52. The van der Waals surface area contributed by atoms with Crippen LogP contribution in [0.2, 0.25) is 0 Å². The fourth-order valence-corrected chi connectivity index (χ4v) is 2.03. The summed E-state index contributed by atoms with van der Waals surface area (Å²) in [5, 5.41) is 9.41. The van der Waals surface area contributed by atoms with Gasteiger partial charge in [0.15, 0.2) is 21.4 Å². The molecule has 1 aromatic carbocycles. The maximum atomic E-state index is 13.5. The molecule has 0 saturated carbocycles.